The van der Waals surface area contributed by atoms with Crippen LogP contribution in [0.15, 0.2) is 78.4 Å². The van der Waals surface area contributed by atoms with Crippen LogP contribution in [-0.2, 0) is 22.8 Å². The van der Waals surface area contributed by atoms with Crippen LogP contribution in [0.2, 0.25) is 25.1 Å². The largest absolute Gasteiger partial charge is 0.490 e. The molecule has 0 radical (unpaired) electrons. The Balaban J connectivity index is 1.35. The molecule has 1 aliphatic rings. The maximum atomic E-state index is 13.5. The number of halogens is 5. The Bertz CT molecular complexity index is 1860. The lowest BCUT2D eigenvalue weighted by molar-refractivity contribution is -0.122. The van der Waals surface area contributed by atoms with Crippen molar-refractivity contribution >= 4 is 87.6 Å². The Morgan fingerprint density at radius 3 is 1.91 bits per heavy atom. The van der Waals surface area contributed by atoms with Gasteiger partial charge in [0.05, 0.1) is 17.3 Å². The highest BCUT2D eigenvalue weighted by Crippen LogP contribution is 2.39. The summed E-state index contributed by atoms with van der Waals surface area (Å²) in [5.41, 5.74) is 1.69. The number of hydrogen-bond acceptors (Lipinski definition) is 6. The molecule has 0 atom stereocenters. The second-order valence-electron chi connectivity index (χ2n) is 9.76. The lowest BCUT2D eigenvalue weighted by Gasteiger charge is -2.26. The van der Waals surface area contributed by atoms with Crippen LogP contribution in [0.4, 0.5) is 10.5 Å². The molecule has 0 aromatic heterocycles. The smallest absolute Gasteiger partial charge is 0.335 e. The minimum absolute atomic E-state index is 0.0763. The number of amides is 4. The van der Waals surface area contributed by atoms with Crippen molar-refractivity contribution in [2.24, 2.45) is 0 Å². The van der Waals surface area contributed by atoms with Crippen LogP contribution in [0.3, 0.4) is 0 Å². The molecule has 1 saturated heterocycles. The fourth-order valence-electron chi connectivity index (χ4n) is 4.41. The molecule has 236 valence electrons. The van der Waals surface area contributed by atoms with Crippen molar-refractivity contribution in [3.05, 3.63) is 120 Å². The van der Waals surface area contributed by atoms with Gasteiger partial charge >= 0.3 is 6.03 Å². The molecule has 1 heterocycles. The Labute approximate surface area is 289 Å². The summed E-state index contributed by atoms with van der Waals surface area (Å²) in [6, 6.07) is 18.5. The van der Waals surface area contributed by atoms with E-state index in [1.165, 1.54) is 24.3 Å². The highest BCUT2D eigenvalue weighted by molar-refractivity contribution is 6.39. The number of carbonyl (C=O) groups is 3. The first-order chi connectivity index (χ1) is 22.0. The maximum absolute atomic E-state index is 13.5. The van der Waals surface area contributed by atoms with E-state index < -0.39 is 17.8 Å². The molecule has 0 aliphatic carbocycles. The van der Waals surface area contributed by atoms with Gasteiger partial charge in [0.15, 0.2) is 11.5 Å². The zero-order valence-electron chi connectivity index (χ0n) is 23.9. The van der Waals surface area contributed by atoms with Crippen LogP contribution in [0.5, 0.6) is 17.2 Å². The van der Waals surface area contributed by atoms with E-state index in [1.54, 1.807) is 61.5 Å². The standard InChI is InChI=1S/C33H23Cl5N2O6/c1-2-44-29-13-18(12-28(38)30(29)46-17-20-4-6-22(35)15-27(20)37)11-25-31(41)39-33(43)40(32(25)42)23-7-9-24(10-8-23)45-16-19-3-5-21(34)14-26(19)36/h3-15H,2,16-17H2,1H3,(H,39,41,43)/b25-11+. The number of rotatable bonds is 10. The van der Waals surface area contributed by atoms with E-state index in [-0.39, 0.29) is 47.6 Å². The topological polar surface area (TPSA) is 94.2 Å². The number of ether oxygens (including phenoxy) is 3. The Kier molecular flexibility index (Phi) is 10.7. The van der Waals surface area contributed by atoms with Gasteiger partial charge in [0.25, 0.3) is 11.8 Å². The van der Waals surface area contributed by atoms with Crippen LogP contribution < -0.4 is 24.4 Å². The van der Waals surface area contributed by atoms with Gasteiger partial charge in [-0.3, -0.25) is 14.9 Å². The molecule has 1 N–H and O–H groups in total. The summed E-state index contributed by atoms with van der Waals surface area (Å²) in [6.45, 7) is 2.31. The van der Waals surface area contributed by atoms with Gasteiger partial charge < -0.3 is 14.2 Å². The third-order valence-electron chi connectivity index (χ3n) is 6.64. The van der Waals surface area contributed by atoms with Crippen molar-refractivity contribution in [1.29, 1.82) is 0 Å². The first kappa shape index (κ1) is 33.4. The Hall–Kier alpha value is -3.92. The van der Waals surface area contributed by atoms with Crippen molar-refractivity contribution in [2.75, 3.05) is 11.5 Å². The molecule has 4 aromatic carbocycles. The normalized spacial score (nSPS) is 14.0. The summed E-state index contributed by atoms with van der Waals surface area (Å²) in [7, 11) is 0. The highest BCUT2D eigenvalue weighted by Gasteiger charge is 2.37. The number of carbonyl (C=O) groups excluding carboxylic acids is 3. The molecule has 13 heteroatoms. The number of hydrogen-bond donors (Lipinski definition) is 1. The minimum Gasteiger partial charge on any atom is -0.490 e. The molecule has 0 spiro atoms. The van der Waals surface area contributed by atoms with Gasteiger partial charge in [-0.2, -0.15) is 0 Å². The summed E-state index contributed by atoms with van der Waals surface area (Å²) >= 11 is 31.0. The second-order valence-corrected chi connectivity index (χ2v) is 11.9. The number of barbiturate groups is 1. The summed E-state index contributed by atoms with van der Waals surface area (Å²) < 4.78 is 17.5. The van der Waals surface area contributed by atoms with E-state index in [9.17, 15) is 14.4 Å². The van der Waals surface area contributed by atoms with Crippen molar-refractivity contribution in [3.63, 3.8) is 0 Å². The first-order valence-corrected chi connectivity index (χ1v) is 15.5. The van der Waals surface area contributed by atoms with Crippen LogP contribution >= 0.6 is 58.0 Å². The molecule has 8 nitrogen and oxygen atoms in total. The molecule has 4 aromatic rings. The number of urea groups is 1. The molecule has 1 fully saturated rings. The van der Waals surface area contributed by atoms with Crippen LogP contribution in [-0.4, -0.2) is 24.5 Å². The Morgan fingerprint density at radius 2 is 1.33 bits per heavy atom. The van der Waals surface area contributed by atoms with E-state index in [1.807, 2.05) is 0 Å². The average Bonchev–Trinajstić information content (AvgIpc) is 3.00. The molecular weight excluding hydrogens is 698 g/mol. The fraction of sp³-hybridized carbons (Fsp3) is 0.121. The van der Waals surface area contributed by atoms with Gasteiger partial charge in [-0.05, 0) is 79.2 Å². The van der Waals surface area contributed by atoms with Crippen molar-refractivity contribution in [2.45, 2.75) is 20.1 Å². The summed E-state index contributed by atoms with van der Waals surface area (Å²) in [5.74, 6) is -0.710. The number of anilines is 1. The third-order valence-corrected chi connectivity index (χ3v) is 8.09. The van der Waals surface area contributed by atoms with E-state index in [0.29, 0.717) is 37.0 Å². The zero-order valence-corrected chi connectivity index (χ0v) is 27.7. The van der Waals surface area contributed by atoms with Crippen molar-refractivity contribution in [3.8, 4) is 17.2 Å². The third kappa shape index (κ3) is 7.71. The number of nitrogens with zero attached hydrogens (tertiary/aromatic N) is 1. The molecule has 5 rings (SSSR count). The van der Waals surface area contributed by atoms with Crippen LogP contribution in [0.25, 0.3) is 6.08 Å². The maximum Gasteiger partial charge on any atom is 0.335 e. The monoisotopic (exact) mass is 718 g/mol. The second kappa shape index (κ2) is 14.7. The number of benzene rings is 4. The zero-order chi connectivity index (χ0) is 33.0. The summed E-state index contributed by atoms with van der Waals surface area (Å²) in [4.78, 5) is 39.9. The lowest BCUT2D eigenvalue weighted by Crippen LogP contribution is -2.54. The summed E-state index contributed by atoms with van der Waals surface area (Å²) in [5, 5.41) is 4.25. The Morgan fingerprint density at radius 1 is 0.717 bits per heavy atom. The predicted octanol–water partition coefficient (Wildman–Crippen LogP) is 9.18. The van der Waals surface area contributed by atoms with Crippen LogP contribution in [0.1, 0.15) is 23.6 Å². The summed E-state index contributed by atoms with van der Waals surface area (Å²) in [6.07, 6.45) is 1.32. The highest BCUT2D eigenvalue weighted by atomic mass is 35.5. The lowest BCUT2D eigenvalue weighted by atomic mass is 10.1. The quantitative estimate of drug-likeness (QED) is 0.130. The van der Waals surface area contributed by atoms with Gasteiger partial charge in [0, 0.05) is 31.2 Å². The van der Waals surface area contributed by atoms with Crippen molar-refractivity contribution < 1.29 is 28.6 Å². The van der Waals surface area contributed by atoms with Crippen molar-refractivity contribution in [1.82, 2.24) is 5.32 Å². The molecule has 1 aliphatic heterocycles. The van der Waals surface area contributed by atoms with Gasteiger partial charge in [0.1, 0.15) is 24.5 Å². The number of nitrogens with one attached hydrogen (secondary N) is 1. The SMILES string of the molecule is CCOc1cc(/C=C2\C(=O)NC(=O)N(c3ccc(OCc4ccc(Cl)cc4Cl)cc3)C2=O)cc(Cl)c1OCc1ccc(Cl)cc1Cl. The van der Waals surface area contributed by atoms with E-state index >= 15 is 0 Å². The molecule has 0 bridgehead atoms. The molecule has 0 saturated carbocycles. The predicted molar refractivity (Wildman–Crippen MR) is 180 cm³/mol. The average molecular weight is 721 g/mol. The van der Waals surface area contributed by atoms with Gasteiger partial charge in [0.2, 0.25) is 0 Å². The minimum atomic E-state index is -0.897. The van der Waals surface area contributed by atoms with Gasteiger partial charge in [-0.25, -0.2) is 9.69 Å². The fourth-order valence-corrected chi connectivity index (χ4v) is 5.61. The number of imide groups is 2. The van der Waals surface area contributed by atoms with E-state index in [0.717, 1.165) is 10.5 Å². The van der Waals surface area contributed by atoms with Gasteiger partial charge in [-0.15, -0.1) is 0 Å². The molecule has 4 amide bonds. The molecule has 0 unspecified atom stereocenters. The first-order valence-electron chi connectivity index (χ1n) is 13.7. The van der Waals surface area contributed by atoms with E-state index in [4.69, 9.17) is 72.2 Å². The molecule has 46 heavy (non-hydrogen) atoms. The van der Waals surface area contributed by atoms with Gasteiger partial charge in [-0.1, -0.05) is 70.1 Å². The molecular formula is C33H23Cl5N2O6. The van der Waals surface area contributed by atoms with Crippen LogP contribution in [0, 0.1) is 0 Å². The van der Waals surface area contributed by atoms with E-state index in [2.05, 4.69) is 5.32 Å².